The van der Waals surface area contributed by atoms with E-state index < -0.39 is 23.1 Å². The van der Waals surface area contributed by atoms with Crippen LogP contribution in [0.1, 0.15) is 33.3 Å². The molecule has 1 aromatic rings. The molecule has 2 rings (SSSR count). The molecule has 0 saturated heterocycles. The number of benzene rings is 1. The monoisotopic (exact) mass is 349 g/mol. The molecule has 0 spiro atoms. The number of hydrogen-bond donors (Lipinski definition) is 1. The lowest BCUT2D eigenvalue weighted by atomic mass is 9.92. The molecule has 8 nitrogen and oxygen atoms in total. The number of carbonyl (C=O) groups excluding carboxylic acids is 1. The third-order valence-electron chi connectivity index (χ3n) is 3.34. The first-order valence-electron chi connectivity index (χ1n) is 7.64. The second-order valence-corrected chi connectivity index (χ2v) is 6.81. The Hall–Kier alpha value is -2.64. The third-order valence-corrected chi connectivity index (χ3v) is 3.34. The van der Waals surface area contributed by atoms with Crippen molar-refractivity contribution in [2.75, 3.05) is 13.2 Å². The Kier molecular flexibility index (Phi) is 5.30. The van der Waals surface area contributed by atoms with Gasteiger partial charge in [-0.1, -0.05) is 5.11 Å². The van der Waals surface area contributed by atoms with E-state index in [1.165, 1.54) is 18.2 Å². The van der Waals surface area contributed by atoms with Crippen molar-refractivity contribution < 1.29 is 18.7 Å². The highest BCUT2D eigenvalue weighted by Gasteiger charge is 2.34. The number of amides is 1. The molecule has 1 atom stereocenters. The van der Waals surface area contributed by atoms with Gasteiger partial charge in [0.1, 0.15) is 29.4 Å². The number of hydrogen-bond acceptors (Lipinski definition) is 5. The second kappa shape index (κ2) is 7.08. The average Bonchev–Trinajstić information content (AvgIpc) is 2.47. The first-order valence-corrected chi connectivity index (χ1v) is 7.64. The molecule has 1 unspecified atom stereocenters. The molecule has 0 fully saturated rings. The van der Waals surface area contributed by atoms with E-state index in [4.69, 9.17) is 15.0 Å². The highest BCUT2D eigenvalue weighted by molar-refractivity contribution is 5.96. The number of nitrogens with one attached hydrogen (secondary N) is 1. The number of halogens is 1. The van der Waals surface area contributed by atoms with Crippen molar-refractivity contribution in [3.8, 4) is 0 Å². The summed E-state index contributed by atoms with van der Waals surface area (Å²) in [5.74, 6) is -0.276. The summed E-state index contributed by atoms with van der Waals surface area (Å²) in [5, 5.41) is 6.00. The minimum atomic E-state index is -1.08. The molecule has 1 amide bonds. The van der Waals surface area contributed by atoms with Gasteiger partial charge in [0.05, 0.1) is 6.61 Å². The molecule has 25 heavy (non-hydrogen) atoms. The fraction of sp³-hybridized carbons (Fsp3) is 0.500. The largest absolute Gasteiger partial charge is 0.444 e. The standard InChI is InChI=1S/C16H20FN5O3/c1-15(2,3)25-14(23)19-13-8-24-9-16(4,20-13)11-7-10(21-22-18)5-6-12(11)17/h5-7H,8-9H2,1-4H3,(H,19,20,23). The van der Waals surface area contributed by atoms with Gasteiger partial charge in [0.25, 0.3) is 0 Å². The predicted molar refractivity (Wildman–Crippen MR) is 90.2 cm³/mol. The van der Waals surface area contributed by atoms with Crippen molar-refractivity contribution in [2.45, 2.75) is 38.8 Å². The zero-order chi connectivity index (χ0) is 18.7. The van der Waals surface area contributed by atoms with E-state index in [9.17, 15) is 9.18 Å². The van der Waals surface area contributed by atoms with Gasteiger partial charge in [-0.25, -0.2) is 9.18 Å². The first-order chi connectivity index (χ1) is 11.6. The first kappa shape index (κ1) is 18.7. The highest BCUT2D eigenvalue weighted by atomic mass is 19.1. The van der Waals surface area contributed by atoms with Gasteiger partial charge in [-0.3, -0.25) is 10.3 Å². The molecule has 0 aromatic heterocycles. The lowest BCUT2D eigenvalue weighted by Crippen LogP contribution is -2.44. The summed E-state index contributed by atoms with van der Waals surface area (Å²) in [5.41, 5.74) is 7.29. The Morgan fingerprint density at radius 2 is 2.24 bits per heavy atom. The minimum absolute atomic E-state index is 0.0759. The zero-order valence-corrected chi connectivity index (χ0v) is 14.5. The van der Waals surface area contributed by atoms with Crippen LogP contribution in [0.2, 0.25) is 0 Å². The van der Waals surface area contributed by atoms with E-state index in [1.54, 1.807) is 27.7 Å². The molecule has 9 heteroatoms. The predicted octanol–water partition coefficient (Wildman–Crippen LogP) is 3.94. The van der Waals surface area contributed by atoms with Gasteiger partial charge in [0, 0.05) is 16.2 Å². The van der Waals surface area contributed by atoms with Gasteiger partial charge in [-0.2, -0.15) is 0 Å². The maximum atomic E-state index is 14.3. The average molecular weight is 349 g/mol. The quantitative estimate of drug-likeness (QED) is 0.496. The molecule has 1 heterocycles. The Bertz CT molecular complexity index is 753. The SMILES string of the molecule is CC(C)(C)OC(=O)NC1=NC(C)(c2cc(N=[N+]=[N-])ccc2F)COC1. The van der Waals surface area contributed by atoms with Crippen molar-refractivity contribution in [3.63, 3.8) is 0 Å². The highest BCUT2D eigenvalue weighted by Crippen LogP contribution is 2.33. The van der Waals surface area contributed by atoms with E-state index in [0.29, 0.717) is 0 Å². The summed E-state index contributed by atoms with van der Waals surface area (Å²) < 4.78 is 24.9. The van der Waals surface area contributed by atoms with Gasteiger partial charge in [0.2, 0.25) is 0 Å². The summed E-state index contributed by atoms with van der Waals surface area (Å²) >= 11 is 0. The van der Waals surface area contributed by atoms with Gasteiger partial charge >= 0.3 is 6.09 Å². The summed E-state index contributed by atoms with van der Waals surface area (Å²) in [6.45, 7) is 7.09. The van der Waals surface area contributed by atoms with Crippen LogP contribution in [0.15, 0.2) is 28.3 Å². The molecule has 1 aliphatic rings. The molecule has 0 aliphatic carbocycles. The number of amidine groups is 1. The Labute approximate surface area is 144 Å². The van der Waals surface area contributed by atoms with Crippen LogP contribution in [0.25, 0.3) is 10.4 Å². The molecule has 1 N–H and O–H groups in total. The van der Waals surface area contributed by atoms with E-state index in [2.05, 4.69) is 20.3 Å². The molecule has 134 valence electrons. The van der Waals surface area contributed by atoms with E-state index in [0.717, 1.165) is 0 Å². The smallest absolute Gasteiger partial charge is 0.413 e. The third kappa shape index (κ3) is 4.91. The minimum Gasteiger partial charge on any atom is -0.444 e. The number of carbonyl (C=O) groups is 1. The molecule has 0 bridgehead atoms. The normalized spacial score (nSPS) is 20.3. The van der Waals surface area contributed by atoms with Crippen molar-refractivity contribution in [1.29, 1.82) is 0 Å². The van der Waals surface area contributed by atoms with Gasteiger partial charge in [0.15, 0.2) is 0 Å². The number of alkyl carbamates (subject to hydrolysis) is 1. The van der Waals surface area contributed by atoms with Crippen LogP contribution in [0, 0.1) is 5.82 Å². The number of azide groups is 1. The van der Waals surface area contributed by atoms with E-state index in [-0.39, 0.29) is 30.3 Å². The van der Waals surface area contributed by atoms with Crippen LogP contribution >= 0.6 is 0 Å². The summed E-state index contributed by atoms with van der Waals surface area (Å²) in [7, 11) is 0. The number of aliphatic imine (C=N–C) groups is 1. The molecule has 1 aliphatic heterocycles. The van der Waals surface area contributed by atoms with Crippen LogP contribution < -0.4 is 5.32 Å². The summed E-state index contributed by atoms with van der Waals surface area (Å²) in [6.07, 6.45) is -0.664. The van der Waals surface area contributed by atoms with Crippen LogP contribution in [-0.2, 0) is 15.0 Å². The van der Waals surface area contributed by atoms with Crippen molar-refractivity contribution in [2.24, 2.45) is 10.1 Å². The Morgan fingerprint density at radius 1 is 1.52 bits per heavy atom. The van der Waals surface area contributed by atoms with Crippen molar-refractivity contribution in [1.82, 2.24) is 5.32 Å². The van der Waals surface area contributed by atoms with Gasteiger partial charge in [-0.05, 0) is 51.4 Å². The molecule has 1 aromatic carbocycles. The Balaban J connectivity index is 2.30. The summed E-state index contributed by atoms with van der Waals surface area (Å²) in [6, 6.07) is 3.99. The van der Waals surface area contributed by atoms with E-state index >= 15 is 0 Å². The van der Waals surface area contributed by atoms with Gasteiger partial charge in [-0.15, -0.1) is 0 Å². The van der Waals surface area contributed by atoms with Crippen molar-refractivity contribution >= 4 is 17.6 Å². The molecule has 0 saturated carbocycles. The van der Waals surface area contributed by atoms with Crippen LogP contribution in [-0.4, -0.2) is 30.7 Å². The topological polar surface area (TPSA) is 109 Å². The number of rotatable bonds is 2. The van der Waals surface area contributed by atoms with Crippen molar-refractivity contribution in [3.05, 3.63) is 40.0 Å². The van der Waals surface area contributed by atoms with Crippen LogP contribution in [0.3, 0.4) is 0 Å². The Morgan fingerprint density at radius 3 is 2.88 bits per heavy atom. The fourth-order valence-corrected chi connectivity index (χ4v) is 2.37. The lowest BCUT2D eigenvalue weighted by molar-refractivity contribution is 0.0543. The van der Waals surface area contributed by atoms with Crippen LogP contribution in [0.5, 0.6) is 0 Å². The lowest BCUT2D eigenvalue weighted by Gasteiger charge is -2.31. The number of ether oxygens (including phenoxy) is 2. The van der Waals surface area contributed by atoms with Gasteiger partial charge < -0.3 is 9.47 Å². The van der Waals surface area contributed by atoms with E-state index in [1.807, 2.05) is 0 Å². The van der Waals surface area contributed by atoms with Crippen LogP contribution in [0.4, 0.5) is 14.9 Å². The summed E-state index contributed by atoms with van der Waals surface area (Å²) in [4.78, 5) is 19.0. The number of nitrogens with zero attached hydrogens (tertiary/aromatic N) is 4. The molecule has 0 radical (unpaired) electrons. The molecular formula is C16H20FN5O3. The zero-order valence-electron chi connectivity index (χ0n) is 14.5. The second-order valence-electron chi connectivity index (χ2n) is 6.81. The maximum absolute atomic E-state index is 14.3. The molecular weight excluding hydrogens is 329 g/mol. The maximum Gasteiger partial charge on any atom is 0.413 e. The fourth-order valence-electron chi connectivity index (χ4n) is 2.37.